The fourth-order valence-corrected chi connectivity index (χ4v) is 5.24. The first-order valence-electron chi connectivity index (χ1n) is 11.5. The van der Waals surface area contributed by atoms with Gasteiger partial charge >= 0.3 is 0 Å². The highest BCUT2D eigenvalue weighted by molar-refractivity contribution is 7.11. The number of amides is 2. The highest BCUT2D eigenvalue weighted by Crippen LogP contribution is 2.22. The first-order chi connectivity index (χ1) is 16.5. The second-order valence-electron chi connectivity index (χ2n) is 8.55. The molecule has 2 amide bonds. The van der Waals surface area contributed by atoms with E-state index in [2.05, 4.69) is 19.1 Å². The fourth-order valence-electron chi connectivity index (χ4n) is 4.12. The van der Waals surface area contributed by atoms with Crippen molar-refractivity contribution in [2.24, 2.45) is 0 Å². The summed E-state index contributed by atoms with van der Waals surface area (Å²) in [6, 6.07) is 21.0. The van der Waals surface area contributed by atoms with E-state index >= 15 is 0 Å². The van der Waals surface area contributed by atoms with Crippen LogP contribution in [0.25, 0.3) is 0 Å². The summed E-state index contributed by atoms with van der Waals surface area (Å²) in [4.78, 5) is 32.8. The zero-order valence-electron chi connectivity index (χ0n) is 19.3. The molecular formula is C27H29ClN2O3S. The molecule has 1 aliphatic rings. The molecule has 0 radical (unpaired) electrons. The van der Waals surface area contributed by atoms with E-state index < -0.39 is 0 Å². The SMILES string of the molecule is Cc1ccc(CN(Cc2ccccc2)C(=O)CN(CC2CCCO2)C(=O)c2ccccc2Cl)s1. The number of carbonyl (C=O) groups is 2. The molecule has 2 heterocycles. The van der Waals surface area contributed by atoms with Crippen LogP contribution in [0, 0.1) is 6.92 Å². The molecule has 2 aromatic carbocycles. The number of hydrogen-bond donors (Lipinski definition) is 0. The molecule has 0 spiro atoms. The molecule has 4 rings (SSSR count). The standard InChI is InChI=1S/C27H29ClN2O3S/c1-20-13-14-23(34-20)18-29(16-21-8-3-2-4-9-21)26(31)19-30(17-22-10-7-15-33-22)27(32)24-11-5-6-12-25(24)28/h2-6,8-9,11-14,22H,7,10,15-19H2,1H3. The number of carbonyl (C=O) groups excluding carboxylic acids is 2. The quantitative estimate of drug-likeness (QED) is 0.389. The van der Waals surface area contributed by atoms with E-state index in [9.17, 15) is 9.59 Å². The van der Waals surface area contributed by atoms with Gasteiger partial charge in [-0.15, -0.1) is 11.3 Å². The number of halogens is 1. The zero-order chi connectivity index (χ0) is 23.9. The summed E-state index contributed by atoms with van der Waals surface area (Å²) in [5.74, 6) is -0.352. The Labute approximate surface area is 209 Å². The molecule has 1 saturated heterocycles. The van der Waals surface area contributed by atoms with E-state index in [1.54, 1.807) is 40.5 Å². The van der Waals surface area contributed by atoms with Gasteiger partial charge in [-0.25, -0.2) is 0 Å². The molecule has 7 heteroatoms. The Hall–Kier alpha value is -2.67. The maximum absolute atomic E-state index is 13.6. The third-order valence-corrected chi connectivity index (χ3v) is 7.19. The summed E-state index contributed by atoms with van der Waals surface area (Å²) in [7, 11) is 0. The average Bonchev–Trinajstić information content (AvgIpc) is 3.50. The molecule has 3 aromatic rings. The van der Waals surface area contributed by atoms with Crippen molar-refractivity contribution in [3.63, 3.8) is 0 Å². The number of benzene rings is 2. The third kappa shape index (κ3) is 6.47. The summed E-state index contributed by atoms with van der Waals surface area (Å²) in [5, 5.41) is 0.382. The van der Waals surface area contributed by atoms with Crippen LogP contribution in [0.3, 0.4) is 0 Å². The van der Waals surface area contributed by atoms with Gasteiger partial charge in [-0.2, -0.15) is 0 Å². The predicted octanol–water partition coefficient (Wildman–Crippen LogP) is 5.56. The largest absolute Gasteiger partial charge is 0.376 e. The van der Waals surface area contributed by atoms with Crippen molar-refractivity contribution in [1.82, 2.24) is 9.80 Å². The lowest BCUT2D eigenvalue weighted by molar-refractivity contribution is -0.133. The van der Waals surface area contributed by atoms with Crippen molar-refractivity contribution in [2.45, 2.75) is 39.0 Å². The Morgan fingerprint density at radius 3 is 2.44 bits per heavy atom. The number of rotatable bonds is 9. The van der Waals surface area contributed by atoms with Gasteiger partial charge in [0.15, 0.2) is 0 Å². The van der Waals surface area contributed by atoms with Crippen molar-refractivity contribution in [3.8, 4) is 0 Å². The van der Waals surface area contributed by atoms with Crippen molar-refractivity contribution in [2.75, 3.05) is 19.7 Å². The Morgan fingerprint density at radius 1 is 1.00 bits per heavy atom. The van der Waals surface area contributed by atoms with Gasteiger partial charge in [-0.05, 0) is 49.6 Å². The van der Waals surface area contributed by atoms with Crippen molar-refractivity contribution in [1.29, 1.82) is 0 Å². The highest BCUT2D eigenvalue weighted by Gasteiger charge is 2.28. The molecule has 178 valence electrons. The minimum atomic E-state index is -0.249. The van der Waals surface area contributed by atoms with Crippen LogP contribution in [0.15, 0.2) is 66.7 Å². The van der Waals surface area contributed by atoms with Gasteiger partial charge in [0.05, 0.1) is 23.2 Å². The lowest BCUT2D eigenvalue weighted by atomic mass is 10.1. The van der Waals surface area contributed by atoms with E-state index in [-0.39, 0.29) is 24.5 Å². The molecule has 0 bridgehead atoms. The maximum atomic E-state index is 13.6. The summed E-state index contributed by atoms with van der Waals surface area (Å²) in [6.07, 6.45) is 1.77. The number of thiophene rings is 1. The van der Waals surface area contributed by atoms with Gasteiger partial charge in [0.2, 0.25) is 5.91 Å². The summed E-state index contributed by atoms with van der Waals surface area (Å²) in [5.41, 5.74) is 1.45. The van der Waals surface area contributed by atoms with E-state index in [1.165, 1.54) is 4.88 Å². The van der Waals surface area contributed by atoms with Crippen LogP contribution < -0.4 is 0 Å². The summed E-state index contributed by atoms with van der Waals surface area (Å²) < 4.78 is 5.79. The molecule has 1 fully saturated rings. The lowest BCUT2D eigenvalue weighted by Gasteiger charge is -2.29. The topological polar surface area (TPSA) is 49.9 Å². The second-order valence-corrected chi connectivity index (χ2v) is 10.3. The van der Waals surface area contributed by atoms with Crippen LogP contribution in [-0.4, -0.2) is 47.4 Å². The average molecular weight is 497 g/mol. The molecule has 34 heavy (non-hydrogen) atoms. The van der Waals surface area contributed by atoms with Gasteiger partial charge in [-0.1, -0.05) is 54.1 Å². The predicted molar refractivity (Wildman–Crippen MR) is 136 cm³/mol. The van der Waals surface area contributed by atoms with E-state index in [4.69, 9.17) is 16.3 Å². The second kappa shape index (κ2) is 11.6. The Kier molecular flexibility index (Phi) is 8.38. The minimum absolute atomic E-state index is 0.0267. The fraction of sp³-hybridized carbons (Fsp3) is 0.333. The number of aryl methyl sites for hydroxylation is 1. The van der Waals surface area contributed by atoms with Crippen molar-refractivity contribution >= 4 is 34.8 Å². The van der Waals surface area contributed by atoms with Crippen molar-refractivity contribution < 1.29 is 14.3 Å². The molecule has 1 aromatic heterocycles. The summed E-state index contributed by atoms with van der Waals surface area (Å²) in [6.45, 7) is 4.06. The van der Waals surface area contributed by atoms with Crippen LogP contribution in [0.5, 0.6) is 0 Å². The third-order valence-electron chi connectivity index (χ3n) is 5.88. The van der Waals surface area contributed by atoms with E-state index in [0.717, 1.165) is 23.3 Å². The van der Waals surface area contributed by atoms with Gasteiger partial charge < -0.3 is 14.5 Å². The Bertz CT molecular complexity index is 1110. The molecule has 0 N–H and O–H groups in total. The summed E-state index contributed by atoms with van der Waals surface area (Å²) >= 11 is 8.01. The molecule has 0 aliphatic carbocycles. The molecule has 1 atom stereocenters. The van der Waals surface area contributed by atoms with Crippen LogP contribution in [0.2, 0.25) is 5.02 Å². The molecule has 1 aliphatic heterocycles. The van der Waals surface area contributed by atoms with Crippen molar-refractivity contribution in [3.05, 3.63) is 92.6 Å². The Morgan fingerprint density at radius 2 is 1.76 bits per heavy atom. The van der Waals surface area contributed by atoms with Gasteiger partial charge in [0.1, 0.15) is 6.54 Å². The maximum Gasteiger partial charge on any atom is 0.255 e. The van der Waals surface area contributed by atoms with Gasteiger partial charge in [0, 0.05) is 29.5 Å². The lowest BCUT2D eigenvalue weighted by Crippen LogP contribution is -2.45. The first-order valence-corrected chi connectivity index (χ1v) is 12.7. The van der Waals surface area contributed by atoms with E-state index in [1.807, 2.05) is 35.2 Å². The number of ether oxygens (including phenoxy) is 1. The number of nitrogens with zero attached hydrogens (tertiary/aromatic N) is 2. The first kappa shape index (κ1) is 24.5. The molecule has 5 nitrogen and oxygen atoms in total. The van der Waals surface area contributed by atoms with Gasteiger partial charge in [-0.3, -0.25) is 9.59 Å². The van der Waals surface area contributed by atoms with Crippen LogP contribution in [0.1, 0.15) is 38.5 Å². The molecular weight excluding hydrogens is 468 g/mol. The van der Waals surface area contributed by atoms with Crippen LogP contribution in [-0.2, 0) is 22.6 Å². The Balaban J connectivity index is 1.56. The van der Waals surface area contributed by atoms with Crippen LogP contribution >= 0.6 is 22.9 Å². The monoisotopic (exact) mass is 496 g/mol. The minimum Gasteiger partial charge on any atom is -0.376 e. The van der Waals surface area contributed by atoms with Gasteiger partial charge in [0.25, 0.3) is 5.91 Å². The highest BCUT2D eigenvalue weighted by atomic mass is 35.5. The number of hydrogen-bond acceptors (Lipinski definition) is 4. The molecule has 0 saturated carbocycles. The van der Waals surface area contributed by atoms with Crippen LogP contribution in [0.4, 0.5) is 0 Å². The smallest absolute Gasteiger partial charge is 0.255 e. The molecule has 1 unspecified atom stereocenters. The zero-order valence-corrected chi connectivity index (χ0v) is 20.9. The van der Waals surface area contributed by atoms with E-state index in [0.29, 0.717) is 36.8 Å². The normalized spacial score (nSPS) is 15.3.